The van der Waals surface area contributed by atoms with E-state index in [4.69, 9.17) is 0 Å². The zero-order chi connectivity index (χ0) is 35.1. The van der Waals surface area contributed by atoms with Crippen molar-refractivity contribution in [3.8, 4) is 11.1 Å². The summed E-state index contributed by atoms with van der Waals surface area (Å²) in [7, 11) is 0. The maximum Gasteiger partial charge on any atom is 0.0540 e. The minimum absolute atomic E-state index is 0.211. The molecule has 0 heterocycles. The van der Waals surface area contributed by atoms with E-state index >= 15 is 0 Å². The Labute approximate surface area is 306 Å². The van der Waals surface area contributed by atoms with Crippen LogP contribution in [-0.4, -0.2) is 0 Å². The molecular weight excluding hydrogens is 627 g/mol. The summed E-state index contributed by atoms with van der Waals surface area (Å²) in [5, 5.41) is 2.42. The molecule has 8 aromatic rings. The summed E-state index contributed by atoms with van der Waals surface area (Å²) in [6, 6.07) is 72.9. The van der Waals surface area contributed by atoms with Gasteiger partial charge in [-0.3, -0.25) is 0 Å². The number of fused-ring (bicyclic) bond motifs is 4. The van der Waals surface area contributed by atoms with Crippen LogP contribution in [0.2, 0.25) is 0 Å². The molecule has 0 bridgehead atoms. The van der Waals surface area contributed by atoms with E-state index in [2.05, 4.69) is 219 Å². The number of nitrogens with zero attached hydrogens (tertiary/aromatic N) is 1. The van der Waals surface area contributed by atoms with Gasteiger partial charge in [-0.05, 0) is 73.7 Å². The molecule has 0 saturated carbocycles. The third-order valence-electron chi connectivity index (χ3n) is 10.7. The molecule has 0 amide bonds. The number of anilines is 3. The highest BCUT2D eigenvalue weighted by molar-refractivity contribution is 6.09. The van der Waals surface area contributed by atoms with Crippen LogP contribution in [0.5, 0.6) is 0 Å². The van der Waals surface area contributed by atoms with Gasteiger partial charge in [0, 0.05) is 16.4 Å². The molecule has 8 aromatic carbocycles. The third kappa shape index (κ3) is 5.25. The molecule has 0 spiro atoms. The van der Waals surface area contributed by atoms with Gasteiger partial charge in [0.2, 0.25) is 0 Å². The lowest BCUT2D eigenvalue weighted by Gasteiger charge is -2.34. The number of hydrogen-bond acceptors (Lipinski definition) is 1. The molecular formula is C51H39N. The highest BCUT2D eigenvalue weighted by Crippen LogP contribution is 2.55. The van der Waals surface area contributed by atoms with Crippen LogP contribution in [0.1, 0.15) is 47.2 Å². The Bertz CT molecular complexity index is 2530. The maximum absolute atomic E-state index is 2.54. The Morgan fingerprint density at radius 1 is 0.385 bits per heavy atom. The van der Waals surface area contributed by atoms with Crippen molar-refractivity contribution in [2.45, 2.75) is 19.3 Å². The Morgan fingerprint density at radius 3 is 1.58 bits per heavy atom. The summed E-state index contributed by atoms with van der Waals surface area (Å²) in [6.07, 6.45) is 0. The molecule has 9 rings (SSSR count). The molecule has 1 heteroatoms. The lowest BCUT2D eigenvalue weighted by atomic mass is 9.81. The van der Waals surface area contributed by atoms with E-state index in [1.54, 1.807) is 0 Å². The molecule has 0 atom stereocenters. The average molecular weight is 666 g/mol. The van der Waals surface area contributed by atoms with Gasteiger partial charge >= 0.3 is 0 Å². The summed E-state index contributed by atoms with van der Waals surface area (Å²) in [5.41, 5.74) is 15.7. The molecule has 0 unspecified atom stereocenters. The second-order valence-corrected chi connectivity index (χ2v) is 14.1. The lowest BCUT2D eigenvalue weighted by Crippen LogP contribution is -2.21. The highest BCUT2D eigenvalue weighted by atomic mass is 15.2. The van der Waals surface area contributed by atoms with E-state index in [-0.39, 0.29) is 5.41 Å². The third-order valence-corrected chi connectivity index (χ3v) is 10.7. The van der Waals surface area contributed by atoms with Crippen LogP contribution in [0, 0.1) is 0 Å². The fourth-order valence-electron chi connectivity index (χ4n) is 8.38. The summed E-state index contributed by atoms with van der Waals surface area (Å²) in [6.45, 7) is 4.76. The smallest absolute Gasteiger partial charge is 0.0540 e. The first-order valence-electron chi connectivity index (χ1n) is 18.1. The van der Waals surface area contributed by atoms with Gasteiger partial charge in [0.15, 0.2) is 0 Å². The van der Waals surface area contributed by atoms with Crippen LogP contribution in [0.4, 0.5) is 17.1 Å². The Kier molecular flexibility index (Phi) is 7.90. The molecule has 1 aliphatic carbocycles. The fourth-order valence-corrected chi connectivity index (χ4v) is 8.38. The summed E-state index contributed by atoms with van der Waals surface area (Å²) >= 11 is 0. The zero-order valence-corrected chi connectivity index (χ0v) is 29.5. The van der Waals surface area contributed by atoms with Gasteiger partial charge in [0.05, 0.1) is 17.1 Å². The summed E-state index contributed by atoms with van der Waals surface area (Å²) in [5.74, 6) is 0. The predicted molar refractivity (Wildman–Crippen MR) is 221 cm³/mol. The molecule has 0 saturated heterocycles. The minimum atomic E-state index is -0.211. The molecule has 0 fully saturated rings. The predicted octanol–water partition coefficient (Wildman–Crippen LogP) is 13.6. The van der Waals surface area contributed by atoms with Crippen LogP contribution in [0.15, 0.2) is 200 Å². The van der Waals surface area contributed by atoms with E-state index in [0.29, 0.717) is 0 Å². The van der Waals surface area contributed by atoms with E-state index in [1.165, 1.54) is 66.6 Å². The number of para-hydroxylation sites is 1. The van der Waals surface area contributed by atoms with Gasteiger partial charge in [-0.2, -0.15) is 0 Å². The normalized spacial score (nSPS) is 12.6. The van der Waals surface area contributed by atoms with Gasteiger partial charge in [-0.1, -0.05) is 196 Å². The average Bonchev–Trinajstić information content (AvgIpc) is 3.45. The Hall–Kier alpha value is -6.44. The second kappa shape index (κ2) is 13.0. The number of hydrogen-bond donors (Lipinski definition) is 0. The second-order valence-electron chi connectivity index (χ2n) is 14.1. The minimum Gasteiger partial charge on any atom is -0.309 e. The van der Waals surface area contributed by atoms with Crippen molar-refractivity contribution in [1.29, 1.82) is 0 Å². The molecule has 0 aromatic heterocycles. The van der Waals surface area contributed by atoms with E-state index in [9.17, 15) is 0 Å². The van der Waals surface area contributed by atoms with Gasteiger partial charge in [-0.15, -0.1) is 0 Å². The fraction of sp³-hybridized carbons (Fsp3) is 0.0588. The molecule has 0 N–H and O–H groups in total. The first-order chi connectivity index (χ1) is 25.6. The molecule has 1 aliphatic rings. The Morgan fingerprint density at radius 2 is 0.865 bits per heavy atom. The zero-order valence-electron chi connectivity index (χ0n) is 29.5. The maximum atomic E-state index is 2.54. The standard InChI is InChI=1S/C51H39N/c1-51(2)44-32-16-14-29-41(44)42-31-19-35-47(50(42)51)52(45-34-18-27-36-20-12-13-28-40(36)45)46-33-17-15-30-43(46)49(39-25-10-5-11-26-39)48(37-21-6-3-7-22-37)38-23-8-4-9-24-38/h3-35H,1-2H3. The highest BCUT2D eigenvalue weighted by Gasteiger charge is 2.39. The van der Waals surface area contributed by atoms with Crippen molar-refractivity contribution < 1.29 is 0 Å². The van der Waals surface area contributed by atoms with Crippen LogP contribution >= 0.6 is 0 Å². The first kappa shape index (κ1) is 31.5. The summed E-state index contributed by atoms with van der Waals surface area (Å²) in [4.78, 5) is 2.54. The van der Waals surface area contributed by atoms with Crippen LogP contribution < -0.4 is 4.90 Å². The van der Waals surface area contributed by atoms with Gasteiger partial charge in [0.1, 0.15) is 0 Å². The Balaban J connectivity index is 1.42. The van der Waals surface area contributed by atoms with Crippen molar-refractivity contribution in [2.24, 2.45) is 0 Å². The van der Waals surface area contributed by atoms with Crippen molar-refractivity contribution >= 4 is 39.0 Å². The van der Waals surface area contributed by atoms with Crippen LogP contribution in [0.3, 0.4) is 0 Å². The molecule has 0 aliphatic heterocycles. The first-order valence-corrected chi connectivity index (χ1v) is 18.1. The van der Waals surface area contributed by atoms with E-state index in [1.807, 2.05) is 0 Å². The van der Waals surface area contributed by atoms with Crippen LogP contribution in [-0.2, 0) is 5.41 Å². The van der Waals surface area contributed by atoms with Gasteiger partial charge < -0.3 is 4.90 Å². The topological polar surface area (TPSA) is 3.24 Å². The molecule has 0 radical (unpaired) electrons. The van der Waals surface area contributed by atoms with Gasteiger partial charge in [-0.25, -0.2) is 0 Å². The monoisotopic (exact) mass is 665 g/mol. The van der Waals surface area contributed by atoms with Gasteiger partial charge in [0.25, 0.3) is 0 Å². The van der Waals surface area contributed by atoms with Crippen LogP contribution in [0.25, 0.3) is 33.0 Å². The summed E-state index contributed by atoms with van der Waals surface area (Å²) < 4.78 is 0. The molecule has 248 valence electrons. The number of rotatable bonds is 7. The SMILES string of the molecule is CC1(C)c2ccccc2-c2cccc(N(c3ccccc3C(=C(c3ccccc3)c3ccccc3)c3ccccc3)c3cccc4ccccc34)c21. The molecule has 52 heavy (non-hydrogen) atoms. The van der Waals surface area contributed by atoms with Crippen molar-refractivity contribution in [3.63, 3.8) is 0 Å². The lowest BCUT2D eigenvalue weighted by molar-refractivity contribution is 0.661. The number of benzene rings is 8. The van der Waals surface area contributed by atoms with Crippen molar-refractivity contribution in [2.75, 3.05) is 4.90 Å². The van der Waals surface area contributed by atoms with E-state index in [0.717, 1.165) is 16.9 Å². The molecule has 1 nitrogen and oxygen atoms in total. The van der Waals surface area contributed by atoms with E-state index < -0.39 is 0 Å². The van der Waals surface area contributed by atoms with Crippen molar-refractivity contribution in [1.82, 2.24) is 0 Å². The quantitative estimate of drug-likeness (QED) is 0.153. The van der Waals surface area contributed by atoms with Crippen molar-refractivity contribution in [3.05, 3.63) is 234 Å². The largest absolute Gasteiger partial charge is 0.309 e.